The van der Waals surface area contributed by atoms with E-state index in [1.807, 2.05) is 0 Å². The Kier molecular flexibility index (Phi) is 7.90. The maximum Gasteiger partial charge on any atom is 0.161 e. The van der Waals surface area contributed by atoms with Crippen LogP contribution in [-0.4, -0.2) is 66.2 Å². The van der Waals surface area contributed by atoms with Crippen LogP contribution in [0.25, 0.3) is 0 Å². The van der Waals surface area contributed by atoms with E-state index in [0.29, 0.717) is 62.3 Å². The lowest BCUT2D eigenvalue weighted by molar-refractivity contribution is 0.00185. The first-order valence-electron chi connectivity index (χ1n) is 14.2. The van der Waals surface area contributed by atoms with E-state index in [0.717, 1.165) is 0 Å². The number of phenolic OH excluding ortho intramolecular Hbond substituents is 3. The van der Waals surface area contributed by atoms with E-state index in [4.69, 9.17) is 28.4 Å². The van der Waals surface area contributed by atoms with Crippen molar-refractivity contribution in [1.29, 1.82) is 0 Å². The first-order valence-corrected chi connectivity index (χ1v) is 14.2. The second-order valence-electron chi connectivity index (χ2n) is 10.9. The van der Waals surface area contributed by atoms with Gasteiger partial charge in [0, 0.05) is 41.2 Å². The molecule has 5 atom stereocenters. The summed E-state index contributed by atoms with van der Waals surface area (Å²) >= 11 is 0. The average Bonchev–Trinajstić information content (AvgIpc) is 3.04. The molecule has 2 aliphatic heterocycles. The minimum absolute atomic E-state index is 0.0483. The summed E-state index contributed by atoms with van der Waals surface area (Å²) in [4.78, 5) is 0. The molecule has 0 aliphatic carbocycles. The molecule has 45 heavy (non-hydrogen) atoms. The minimum Gasteiger partial charge on any atom is -0.508 e. The Morgan fingerprint density at radius 1 is 0.644 bits per heavy atom. The van der Waals surface area contributed by atoms with E-state index in [2.05, 4.69) is 0 Å². The van der Waals surface area contributed by atoms with Crippen LogP contribution in [0.4, 0.5) is 0 Å². The number of aromatic hydroxyl groups is 3. The highest BCUT2D eigenvalue weighted by molar-refractivity contribution is 5.64. The third-order valence-electron chi connectivity index (χ3n) is 8.40. The lowest BCUT2D eigenvalue weighted by atomic mass is 9.77. The molecule has 0 fully saturated rings. The number of hydrogen-bond acceptors (Lipinski definition) is 11. The number of hydrogen-bond donors (Lipinski definition) is 5. The zero-order valence-electron chi connectivity index (χ0n) is 25.1. The van der Waals surface area contributed by atoms with E-state index in [1.165, 1.54) is 58.8 Å². The van der Waals surface area contributed by atoms with Crippen molar-refractivity contribution in [3.05, 3.63) is 88.5 Å². The van der Waals surface area contributed by atoms with Gasteiger partial charge in [0.15, 0.2) is 29.1 Å². The number of ether oxygens (including phenoxy) is 6. The monoisotopic (exact) mass is 618 g/mol. The molecule has 4 aromatic rings. The maximum absolute atomic E-state index is 12.1. The molecular formula is C34H34O11. The van der Waals surface area contributed by atoms with Crippen LogP contribution in [-0.2, 0) is 6.42 Å². The Labute approximate surface area is 259 Å². The Bertz CT molecular complexity index is 1740. The molecule has 0 spiro atoms. The molecule has 11 nitrogen and oxygen atoms in total. The predicted octanol–water partition coefficient (Wildman–Crippen LogP) is 4.50. The van der Waals surface area contributed by atoms with E-state index >= 15 is 0 Å². The third kappa shape index (κ3) is 5.13. The number of aliphatic hydroxyl groups excluding tert-OH is 2. The van der Waals surface area contributed by atoms with Crippen LogP contribution in [0.2, 0.25) is 0 Å². The third-order valence-corrected chi connectivity index (χ3v) is 8.40. The molecule has 11 heteroatoms. The van der Waals surface area contributed by atoms with Gasteiger partial charge in [0.2, 0.25) is 0 Å². The van der Waals surface area contributed by atoms with Gasteiger partial charge in [-0.05, 0) is 41.5 Å². The summed E-state index contributed by atoms with van der Waals surface area (Å²) in [6.07, 6.45) is -3.95. The van der Waals surface area contributed by atoms with Crippen molar-refractivity contribution in [3.63, 3.8) is 0 Å². The average molecular weight is 619 g/mol. The fourth-order valence-corrected chi connectivity index (χ4v) is 6.24. The number of rotatable bonds is 7. The molecule has 0 radical (unpaired) electrons. The van der Waals surface area contributed by atoms with Gasteiger partial charge >= 0.3 is 0 Å². The zero-order valence-corrected chi connectivity index (χ0v) is 25.1. The fraction of sp³-hybridized carbons (Fsp3) is 0.294. The number of phenols is 3. The number of fused-ring (bicyclic) bond motifs is 2. The Morgan fingerprint density at radius 2 is 1.33 bits per heavy atom. The number of benzene rings is 4. The largest absolute Gasteiger partial charge is 0.508 e. The number of aliphatic hydroxyl groups is 2. The van der Waals surface area contributed by atoms with Crippen LogP contribution in [0.1, 0.15) is 45.9 Å². The highest BCUT2D eigenvalue weighted by atomic mass is 16.5. The molecule has 5 N–H and O–H groups in total. The molecule has 0 saturated heterocycles. The highest BCUT2D eigenvalue weighted by Gasteiger charge is 2.45. The Hall–Kier alpha value is -5.00. The van der Waals surface area contributed by atoms with Gasteiger partial charge in [-0.3, -0.25) is 0 Å². The van der Waals surface area contributed by atoms with Gasteiger partial charge in [-0.25, -0.2) is 0 Å². The van der Waals surface area contributed by atoms with Crippen LogP contribution in [0.15, 0.2) is 60.7 Å². The molecule has 0 unspecified atom stereocenters. The standard InChI is InChI=1S/C34H34O11/c1-40-24-10-6-17(12-27(24)42-3)32-23(38)14-20-25(41-2)15-28(43-4)30(34(20)45-32)29-19-8-7-18(35)13-26(19)44-33(31(29)39)16-5-9-21(36)22(37)11-16/h5-13,15,23,29,31-33,35-39H,14H2,1-4H3/t23-,29+,31+,32+,33+/m0/s1. The molecule has 6 rings (SSSR count). The molecule has 236 valence electrons. The molecule has 0 amide bonds. The topological polar surface area (TPSA) is 157 Å². The van der Waals surface area contributed by atoms with Crippen molar-refractivity contribution >= 4 is 0 Å². The van der Waals surface area contributed by atoms with Gasteiger partial charge < -0.3 is 54.0 Å². The van der Waals surface area contributed by atoms with E-state index in [1.54, 1.807) is 30.3 Å². The van der Waals surface area contributed by atoms with Gasteiger partial charge in [-0.2, -0.15) is 0 Å². The Morgan fingerprint density at radius 3 is 2.02 bits per heavy atom. The van der Waals surface area contributed by atoms with Crippen LogP contribution < -0.4 is 28.4 Å². The summed E-state index contributed by atoms with van der Waals surface area (Å²) in [6.45, 7) is 0. The van der Waals surface area contributed by atoms with Gasteiger partial charge in [0.25, 0.3) is 0 Å². The second kappa shape index (κ2) is 11.8. The lowest BCUT2D eigenvalue weighted by Gasteiger charge is -2.40. The SMILES string of the molecule is COc1ccc([C@H]2Oc3c(c(OC)cc(OC)c3[C@H]3c4ccc(O)cc4O[C@H](c4ccc(O)c(O)c4)[C@@H]3O)C[C@@H]2O)cc1OC. The molecule has 0 bridgehead atoms. The van der Waals surface area contributed by atoms with Crippen LogP contribution in [0.3, 0.4) is 0 Å². The smallest absolute Gasteiger partial charge is 0.161 e. The molecule has 4 aromatic carbocycles. The quantitative estimate of drug-likeness (QED) is 0.186. The fourth-order valence-electron chi connectivity index (χ4n) is 6.24. The highest BCUT2D eigenvalue weighted by Crippen LogP contribution is 2.55. The van der Waals surface area contributed by atoms with Crippen molar-refractivity contribution in [2.45, 2.75) is 36.8 Å². The normalized spacial score (nSPS) is 21.9. The van der Waals surface area contributed by atoms with E-state index < -0.39 is 30.3 Å². The van der Waals surface area contributed by atoms with Crippen molar-refractivity contribution in [1.82, 2.24) is 0 Å². The molecular weight excluding hydrogens is 584 g/mol. The summed E-state index contributed by atoms with van der Waals surface area (Å²) < 4.78 is 35.3. The summed E-state index contributed by atoms with van der Waals surface area (Å²) in [7, 11) is 6.06. The molecule has 2 heterocycles. The first kappa shape index (κ1) is 30.0. The molecule has 0 aromatic heterocycles. The maximum atomic E-state index is 12.1. The van der Waals surface area contributed by atoms with Crippen molar-refractivity contribution in [2.24, 2.45) is 0 Å². The van der Waals surface area contributed by atoms with Crippen LogP contribution in [0, 0.1) is 0 Å². The summed E-state index contributed by atoms with van der Waals surface area (Å²) in [5, 5.41) is 53.9. The van der Waals surface area contributed by atoms with Crippen molar-refractivity contribution < 1.29 is 54.0 Å². The predicted molar refractivity (Wildman–Crippen MR) is 161 cm³/mol. The number of methoxy groups -OCH3 is 4. The minimum atomic E-state index is -1.27. The Balaban J connectivity index is 1.55. The van der Waals surface area contributed by atoms with Gasteiger partial charge in [0.1, 0.15) is 41.0 Å². The first-order chi connectivity index (χ1) is 21.7. The van der Waals surface area contributed by atoms with E-state index in [-0.39, 0.29) is 23.7 Å². The molecule has 0 saturated carbocycles. The molecule has 2 aliphatic rings. The second-order valence-corrected chi connectivity index (χ2v) is 10.9. The van der Waals surface area contributed by atoms with Crippen LogP contribution >= 0.6 is 0 Å². The summed E-state index contributed by atoms with van der Waals surface area (Å²) in [5.74, 6) is 0.831. The summed E-state index contributed by atoms with van der Waals surface area (Å²) in [6, 6.07) is 15.7. The summed E-state index contributed by atoms with van der Waals surface area (Å²) in [5.41, 5.74) is 2.62. The van der Waals surface area contributed by atoms with Gasteiger partial charge in [0.05, 0.1) is 34.5 Å². The van der Waals surface area contributed by atoms with Gasteiger partial charge in [-0.15, -0.1) is 0 Å². The van der Waals surface area contributed by atoms with E-state index in [9.17, 15) is 25.5 Å². The van der Waals surface area contributed by atoms with Crippen molar-refractivity contribution in [2.75, 3.05) is 28.4 Å². The van der Waals surface area contributed by atoms with Gasteiger partial charge in [-0.1, -0.05) is 18.2 Å². The van der Waals surface area contributed by atoms with Crippen LogP contribution in [0.5, 0.6) is 51.7 Å². The zero-order chi connectivity index (χ0) is 32.0. The lowest BCUT2D eigenvalue weighted by Crippen LogP contribution is -2.37. The van der Waals surface area contributed by atoms with Crippen molar-refractivity contribution in [3.8, 4) is 51.7 Å².